The number of aldehydes is 2. The highest BCUT2D eigenvalue weighted by molar-refractivity contribution is 5.89. The highest BCUT2D eigenvalue weighted by Crippen LogP contribution is 2.23. The first-order valence-corrected chi connectivity index (χ1v) is 7.12. The number of aliphatic hydroxyl groups excluding tert-OH is 1. The maximum absolute atomic E-state index is 10.2. The number of para-hydroxylation sites is 1. The van der Waals surface area contributed by atoms with Crippen LogP contribution in [0.2, 0.25) is 0 Å². The van der Waals surface area contributed by atoms with E-state index in [0.29, 0.717) is 30.2 Å². The van der Waals surface area contributed by atoms with Crippen LogP contribution in [0.5, 0.6) is 5.75 Å². The fraction of sp³-hybridized carbons (Fsp3) is 0.222. The van der Waals surface area contributed by atoms with E-state index in [9.17, 15) is 14.7 Å². The average molecular weight is 315 g/mol. The number of hydrogen-bond donors (Lipinski definition) is 2. The summed E-state index contributed by atoms with van der Waals surface area (Å²) in [6.45, 7) is 0.528. The Morgan fingerprint density at radius 1 is 1.04 bits per heavy atom. The van der Waals surface area contributed by atoms with Crippen LogP contribution in [-0.2, 0) is 0 Å². The summed E-state index contributed by atoms with van der Waals surface area (Å²) in [6.07, 6.45) is 0.828. The van der Waals surface area contributed by atoms with Gasteiger partial charge in [0.1, 0.15) is 5.75 Å². The van der Waals surface area contributed by atoms with E-state index < -0.39 is 6.10 Å². The Kier molecular flexibility index (Phi) is 8.28. The zero-order chi connectivity index (χ0) is 17.1. The molecule has 0 heterocycles. The van der Waals surface area contributed by atoms with Gasteiger partial charge in [0.2, 0.25) is 0 Å². The highest BCUT2D eigenvalue weighted by Gasteiger charge is 2.10. The van der Waals surface area contributed by atoms with Gasteiger partial charge in [0, 0.05) is 23.2 Å². The predicted octanol–water partition coefficient (Wildman–Crippen LogP) is 2.26. The van der Waals surface area contributed by atoms with Crippen molar-refractivity contribution in [3.8, 4) is 5.75 Å². The number of nitrogens with one attached hydrogen (secondary N) is 1. The van der Waals surface area contributed by atoms with E-state index in [-0.39, 0.29) is 0 Å². The first-order valence-electron chi connectivity index (χ1n) is 7.12. The van der Waals surface area contributed by atoms with Gasteiger partial charge in [-0.1, -0.05) is 42.5 Å². The van der Waals surface area contributed by atoms with Crippen LogP contribution in [0, 0.1) is 0 Å². The average Bonchev–Trinajstić information content (AvgIpc) is 2.62. The largest absolute Gasteiger partial charge is 0.496 e. The minimum atomic E-state index is -0.513. The topological polar surface area (TPSA) is 75.6 Å². The molecule has 2 rings (SSSR count). The van der Waals surface area contributed by atoms with Crippen LogP contribution < -0.4 is 10.1 Å². The summed E-state index contributed by atoms with van der Waals surface area (Å²) in [7, 11) is 3.41. The van der Waals surface area contributed by atoms with Crippen molar-refractivity contribution < 1.29 is 19.4 Å². The molecule has 0 radical (unpaired) electrons. The van der Waals surface area contributed by atoms with Crippen molar-refractivity contribution in [2.75, 3.05) is 20.7 Å². The van der Waals surface area contributed by atoms with E-state index in [1.807, 2.05) is 24.3 Å². The van der Waals surface area contributed by atoms with Crippen LogP contribution in [-0.4, -0.2) is 38.4 Å². The molecule has 0 bridgehead atoms. The number of likely N-dealkylation sites (N-methyl/N-ethyl adjacent to an activating group) is 1. The molecule has 2 aromatic carbocycles. The molecule has 0 aromatic heterocycles. The Hall–Kier alpha value is -2.50. The van der Waals surface area contributed by atoms with Crippen LogP contribution in [0.4, 0.5) is 0 Å². The van der Waals surface area contributed by atoms with Crippen LogP contribution in [0.1, 0.15) is 32.4 Å². The second-order valence-corrected chi connectivity index (χ2v) is 4.68. The highest BCUT2D eigenvalue weighted by atomic mass is 16.5. The zero-order valence-corrected chi connectivity index (χ0v) is 13.2. The summed E-state index contributed by atoms with van der Waals surface area (Å²) in [5, 5.41) is 12.6. The number of ether oxygens (including phenoxy) is 1. The number of methoxy groups -OCH3 is 1. The normalized spacial score (nSPS) is 10.9. The zero-order valence-electron chi connectivity index (χ0n) is 13.2. The molecule has 0 saturated carbocycles. The van der Waals surface area contributed by atoms with Gasteiger partial charge in [-0.2, -0.15) is 0 Å². The number of carbonyl (C=O) groups excluding carboxylic acids is 2. The lowest BCUT2D eigenvalue weighted by Crippen LogP contribution is -2.17. The van der Waals surface area contributed by atoms with Crippen LogP contribution in [0.15, 0.2) is 48.5 Å². The summed E-state index contributed by atoms with van der Waals surface area (Å²) in [5.41, 5.74) is 1.70. The standard InChI is InChI=1S/C10H15NO2.C8H6O2/c1-11-7-9(12)8-5-3-4-6-10(8)13-2;9-5-7-3-1-2-4-8(7)6-10/h3-6,9,11-12H,7H2,1-2H3;1-6H. The minimum Gasteiger partial charge on any atom is -0.496 e. The molecule has 0 spiro atoms. The molecule has 5 nitrogen and oxygen atoms in total. The Morgan fingerprint density at radius 3 is 2.04 bits per heavy atom. The number of rotatable bonds is 6. The van der Waals surface area contributed by atoms with Crippen molar-refractivity contribution in [1.82, 2.24) is 5.32 Å². The third-order valence-electron chi connectivity index (χ3n) is 3.15. The van der Waals surface area contributed by atoms with E-state index in [4.69, 9.17) is 4.74 Å². The van der Waals surface area contributed by atoms with Crippen LogP contribution in [0.25, 0.3) is 0 Å². The summed E-state index contributed by atoms with van der Waals surface area (Å²) >= 11 is 0. The minimum absolute atomic E-state index is 0.442. The van der Waals surface area contributed by atoms with E-state index in [1.54, 1.807) is 38.4 Å². The molecule has 2 N–H and O–H groups in total. The Labute approximate surface area is 135 Å². The molecule has 5 heteroatoms. The van der Waals surface area contributed by atoms with E-state index in [0.717, 1.165) is 11.3 Å². The van der Waals surface area contributed by atoms with E-state index in [1.165, 1.54) is 0 Å². The summed E-state index contributed by atoms with van der Waals surface area (Å²) in [6, 6.07) is 14.1. The van der Waals surface area contributed by atoms with Gasteiger partial charge in [0.25, 0.3) is 0 Å². The van der Waals surface area contributed by atoms with Gasteiger partial charge in [0.15, 0.2) is 12.6 Å². The molecule has 2 aromatic rings. The van der Waals surface area contributed by atoms with Gasteiger partial charge in [0.05, 0.1) is 13.2 Å². The first kappa shape index (κ1) is 18.5. The van der Waals surface area contributed by atoms with Crippen molar-refractivity contribution in [3.05, 3.63) is 65.2 Å². The third kappa shape index (κ3) is 5.65. The smallest absolute Gasteiger partial charge is 0.150 e. The lowest BCUT2D eigenvalue weighted by Gasteiger charge is -2.13. The molecular formula is C18H21NO4. The molecule has 0 amide bonds. The van der Waals surface area contributed by atoms with Gasteiger partial charge in [-0.3, -0.25) is 9.59 Å². The van der Waals surface area contributed by atoms with Crippen molar-refractivity contribution >= 4 is 12.6 Å². The molecule has 122 valence electrons. The monoisotopic (exact) mass is 315 g/mol. The van der Waals surface area contributed by atoms with Gasteiger partial charge >= 0.3 is 0 Å². The van der Waals surface area contributed by atoms with Crippen LogP contribution in [0.3, 0.4) is 0 Å². The maximum atomic E-state index is 10.2. The fourth-order valence-electron chi connectivity index (χ4n) is 1.97. The molecule has 0 aliphatic carbocycles. The summed E-state index contributed by atoms with van der Waals surface area (Å²) in [5.74, 6) is 0.727. The lowest BCUT2D eigenvalue weighted by atomic mass is 10.1. The van der Waals surface area contributed by atoms with E-state index >= 15 is 0 Å². The molecule has 0 fully saturated rings. The summed E-state index contributed by atoms with van der Waals surface area (Å²) in [4.78, 5) is 20.5. The van der Waals surface area contributed by atoms with Gasteiger partial charge in [-0.05, 0) is 13.1 Å². The van der Waals surface area contributed by atoms with E-state index in [2.05, 4.69) is 5.32 Å². The number of hydrogen-bond acceptors (Lipinski definition) is 5. The lowest BCUT2D eigenvalue weighted by molar-refractivity contribution is 0.109. The number of benzene rings is 2. The first-order chi connectivity index (χ1) is 11.2. The Bertz CT molecular complexity index is 601. The maximum Gasteiger partial charge on any atom is 0.150 e. The van der Waals surface area contributed by atoms with Gasteiger partial charge in [-0.25, -0.2) is 0 Å². The second kappa shape index (κ2) is 10.3. The predicted molar refractivity (Wildman–Crippen MR) is 89.1 cm³/mol. The van der Waals surface area contributed by atoms with Gasteiger partial charge in [-0.15, -0.1) is 0 Å². The van der Waals surface area contributed by atoms with Crippen molar-refractivity contribution in [3.63, 3.8) is 0 Å². The molecular weight excluding hydrogens is 294 g/mol. The van der Waals surface area contributed by atoms with Crippen molar-refractivity contribution in [1.29, 1.82) is 0 Å². The van der Waals surface area contributed by atoms with Crippen molar-refractivity contribution in [2.24, 2.45) is 0 Å². The molecule has 0 aliphatic heterocycles. The van der Waals surface area contributed by atoms with Crippen molar-refractivity contribution in [2.45, 2.75) is 6.10 Å². The Morgan fingerprint density at radius 2 is 1.57 bits per heavy atom. The molecule has 1 unspecified atom stereocenters. The fourth-order valence-corrected chi connectivity index (χ4v) is 1.97. The van der Waals surface area contributed by atoms with Crippen LogP contribution >= 0.6 is 0 Å². The van der Waals surface area contributed by atoms with Gasteiger partial charge < -0.3 is 15.2 Å². The third-order valence-corrected chi connectivity index (χ3v) is 3.15. The SMILES string of the molecule is CNCC(O)c1ccccc1OC.O=Cc1ccccc1C=O. The number of aliphatic hydroxyl groups is 1. The quantitative estimate of drug-likeness (QED) is 0.800. The number of carbonyl (C=O) groups is 2. The molecule has 23 heavy (non-hydrogen) atoms. The molecule has 0 saturated heterocycles. The molecule has 1 atom stereocenters. The molecule has 0 aliphatic rings. The second-order valence-electron chi connectivity index (χ2n) is 4.68. The summed E-state index contributed by atoms with van der Waals surface area (Å²) < 4.78 is 5.13. The Balaban J connectivity index is 0.000000238.